The van der Waals surface area contributed by atoms with Crippen molar-refractivity contribution in [1.29, 1.82) is 0 Å². The van der Waals surface area contributed by atoms with Gasteiger partial charge in [-0.2, -0.15) is 0 Å². The fraction of sp³-hybridized carbons (Fsp3) is 0.455. The van der Waals surface area contributed by atoms with E-state index in [-0.39, 0.29) is 6.04 Å². The van der Waals surface area contributed by atoms with Gasteiger partial charge in [0.15, 0.2) is 0 Å². The topological polar surface area (TPSA) is 47.3 Å². The van der Waals surface area contributed by atoms with E-state index >= 15 is 0 Å². The van der Waals surface area contributed by atoms with Gasteiger partial charge in [-0.05, 0) is 17.5 Å². The molecular weight excluding hydrogens is 176 g/mol. The smallest absolute Gasteiger partial charge is 0.120 e. The molecule has 0 amide bonds. The van der Waals surface area contributed by atoms with Gasteiger partial charge in [0.25, 0.3) is 0 Å². The molecule has 0 bridgehead atoms. The summed E-state index contributed by atoms with van der Waals surface area (Å²) in [5.74, 6) is 1.36. The van der Waals surface area contributed by atoms with Crippen LogP contribution >= 0.6 is 0 Å². The molecule has 1 aromatic carbocycles. The molecule has 0 spiro atoms. The summed E-state index contributed by atoms with van der Waals surface area (Å²) in [5, 5.41) is 3.36. The second kappa shape index (κ2) is 3.50. The first kappa shape index (κ1) is 9.34. The monoisotopic (exact) mass is 192 g/mol. The minimum atomic E-state index is 0.136. The molecule has 3 N–H and O–H groups in total. The molecule has 0 saturated heterocycles. The number of methoxy groups -OCH3 is 1. The Labute approximate surface area is 84.3 Å². The predicted molar refractivity (Wildman–Crippen MR) is 57.6 cm³/mol. The third-order valence-electron chi connectivity index (χ3n) is 2.85. The summed E-state index contributed by atoms with van der Waals surface area (Å²) in [7, 11) is 1.67. The highest BCUT2D eigenvalue weighted by Crippen LogP contribution is 2.33. The Morgan fingerprint density at radius 2 is 2.29 bits per heavy atom. The van der Waals surface area contributed by atoms with E-state index in [4.69, 9.17) is 10.5 Å². The Hall–Kier alpha value is -1.22. The van der Waals surface area contributed by atoms with Crippen molar-refractivity contribution in [2.45, 2.75) is 13.0 Å². The summed E-state index contributed by atoms with van der Waals surface area (Å²) in [6.45, 7) is 3.09. The standard InChI is InChI=1S/C11H16N2O/c1-7-6-13-10-5-8(14-2)3-4-9(10)11(7)12/h3-5,7,11,13H,6,12H2,1-2H3. The highest BCUT2D eigenvalue weighted by molar-refractivity contribution is 5.58. The number of ether oxygens (including phenoxy) is 1. The Balaban J connectivity index is 2.38. The largest absolute Gasteiger partial charge is 0.497 e. The van der Waals surface area contributed by atoms with Gasteiger partial charge in [-0.25, -0.2) is 0 Å². The van der Waals surface area contributed by atoms with E-state index in [9.17, 15) is 0 Å². The van der Waals surface area contributed by atoms with Crippen molar-refractivity contribution in [2.24, 2.45) is 11.7 Å². The number of nitrogens with one attached hydrogen (secondary N) is 1. The summed E-state index contributed by atoms with van der Waals surface area (Å²) >= 11 is 0. The van der Waals surface area contributed by atoms with Crippen molar-refractivity contribution < 1.29 is 4.74 Å². The van der Waals surface area contributed by atoms with Gasteiger partial charge in [-0.15, -0.1) is 0 Å². The third-order valence-corrected chi connectivity index (χ3v) is 2.85. The van der Waals surface area contributed by atoms with E-state index in [0.717, 1.165) is 18.0 Å². The van der Waals surface area contributed by atoms with Gasteiger partial charge in [0.1, 0.15) is 5.75 Å². The maximum Gasteiger partial charge on any atom is 0.120 e. The molecule has 1 aliphatic heterocycles. The first-order chi connectivity index (χ1) is 6.72. The average molecular weight is 192 g/mol. The highest BCUT2D eigenvalue weighted by Gasteiger charge is 2.22. The van der Waals surface area contributed by atoms with Crippen molar-refractivity contribution in [3.63, 3.8) is 0 Å². The second-order valence-electron chi connectivity index (χ2n) is 3.84. The van der Waals surface area contributed by atoms with Crippen LogP contribution in [0.2, 0.25) is 0 Å². The Bertz CT molecular complexity index is 338. The number of rotatable bonds is 1. The van der Waals surface area contributed by atoms with E-state index in [1.807, 2.05) is 18.2 Å². The molecule has 0 saturated carbocycles. The van der Waals surface area contributed by atoms with Crippen LogP contribution in [0.15, 0.2) is 18.2 Å². The SMILES string of the molecule is COc1ccc2c(c1)NCC(C)C2N. The van der Waals surface area contributed by atoms with Crippen LogP contribution in [-0.2, 0) is 0 Å². The molecule has 2 atom stereocenters. The van der Waals surface area contributed by atoms with E-state index in [0.29, 0.717) is 5.92 Å². The molecule has 14 heavy (non-hydrogen) atoms. The van der Waals surface area contributed by atoms with Crippen molar-refractivity contribution >= 4 is 5.69 Å². The van der Waals surface area contributed by atoms with Gasteiger partial charge in [-0.1, -0.05) is 13.0 Å². The molecule has 0 fully saturated rings. The van der Waals surface area contributed by atoms with Crippen molar-refractivity contribution in [2.75, 3.05) is 19.0 Å². The van der Waals surface area contributed by atoms with Crippen LogP contribution < -0.4 is 15.8 Å². The number of hydrogen-bond donors (Lipinski definition) is 2. The van der Waals surface area contributed by atoms with E-state index in [1.165, 1.54) is 5.56 Å². The van der Waals surface area contributed by atoms with Gasteiger partial charge in [0, 0.05) is 24.3 Å². The number of hydrogen-bond acceptors (Lipinski definition) is 3. The highest BCUT2D eigenvalue weighted by atomic mass is 16.5. The maximum atomic E-state index is 6.10. The van der Waals surface area contributed by atoms with Gasteiger partial charge < -0.3 is 15.8 Å². The van der Waals surface area contributed by atoms with Crippen LogP contribution in [0.25, 0.3) is 0 Å². The molecule has 1 aromatic rings. The summed E-state index contributed by atoms with van der Waals surface area (Å²) < 4.78 is 5.16. The van der Waals surface area contributed by atoms with Gasteiger partial charge in [0.05, 0.1) is 7.11 Å². The van der Waals surface area contributed by atoms with Crippen LogP contribution in [0.5, 0.6) is 5.75 Å². The Morgan fingerprint density at radius 3 is 3.00 bits per heavy atom. The average Bonchev–Trinajstić information content (AvgIpc) is 2.23. The zero-order valence-electron chi connectivity index (χ0n) is 8.58. The summed E-state index contributed by atoms with van der Waals surface area (Å²) in [6, 6.07) is 6.14. The number of benzene rings is 1. The molecule has 2 unspecified atom stereocenters. The van der Waals surface area contributed by atoms with Crippen molar-refractivity contribution in [3.8, 4) is 5.75 Å². The lowest BCUT2D eigenvalue weighted by molar-refractivity contribution is 0.413. The van der Waals surface area contributed by atoms with Gasteiger partial charge >= 0.3 is 0 Å². The number of fused-ring (bicyclic) bond motifs is 1. The fourth-order valence-corrected chi connectivity index (χ4v) is 1.81. The molecule has 3 nitrogen and oxygen atoms in total. The van der Waals surface area contributed by atoms with Crippen LogP contribution in [0.4, 0.5) is 5.69 Å². The molecule has 0 aromatic heterocycles. The molecule has 3 heteroatoms. The second-order valence-corrected chi connectivity index (χ2v) is 3.84. The lowest BCUT2D eigenvalue weighted by Gasteiger charge is -2.29. The zero-order valence-corrected chi connectivity index (χ0v) is 8.58. The Morgan fingerprint density at radius 1 is 1.50 bits per heavy atom. The Kier molecular flexibility index (Phi) is 2.33. The lowest BCUT2D eigenvalue weighted by Crippen LogP contribution is -2.30. The minimum absolute atomic E-state index is 0.136. The first-order valence-electron chi connectivity index (χ1n) is 4.89. The molecule has 1 aliphatic rings. The van der Waals surface area contributed by atoms with Crippen LogP contribution in [-0.4, -0.2) is 13.7 Å². The summed E-state index contributed by atoms with van der Waals surface area (Å²) in [4.78, 5) is 0. The maximum absolute atomic E-state index is 6.10. The molecule has 0 aliphatic carbocycles. The van der Waals surface area contributed by atoms with Crippen molar-refractivity contribution in [3.05, 3.63) is 23.8 Å². The molecule has 1 heterocycles. The predicted octanol–water partition coefficient (Wildman–Crippen LogP) is 1.76. The summed E-state index contributed by atoms with van der Waals surface area (Å²) in [6.07, 6.45) is 0. The number of nitrogens with two attached hydrogens (primary N) is 1. The fourth-order valence-electron chi connectivity index (χ4n) is 1.81. The lowest BCUT2D eigenvalue weighted by atomic mass is 9.90. The van der Waals surface area contributed by atoms with Gasteiger partial charge in [0.2, 0.25) is 0 Å². The van der Waals surface area contributed by atoms with Crippen LogP contribution in [0, 0.1) is 5.92 Å². The quantitative estimate of drug-likeness (QED) is 0.712. The number of anilines is 1. The summed E-state index contributed by atoms with van der Waals surface area (Å²) in [5.41, 5.74) is 8.39. The van der Waals surface area contributed by atoms with Crippen LogP contribution in [0.3, 0.4) is 0 Å². The molecule has 76 valence electrons. The van der Waals surface area contributed by atoms with E-state index < -0.39 is 0 Å². The first-order valence-corrected chi connectivity index (χ1v) is 4.89. The molecule has 0 radical (unpaired) electrons. The minimum Gasteiger partial charge on any atom is -0.497 e. The zero-order chi connectivity index (χ0) is 10.1. The molecular formula is C11H16N2O. The van der Waals surface area contributed by atoms with E-state index in [2.05, 4.69) is 12.2 Å². The normalized spacial score (nSPS) is 25.1. The third kappa shape index (κ3) is 1.44. The van der Waals surface area contributed by atoms with E-state index in [1.54, 1.807) is 7.11 Å². The van der Waals surface area contributed by atoms with Crippen LogP contribution in [0.1, 0.15) is 18.5 Å². The van der Waals surface area contributed by atoms with Gasteiger partial charge in [-0.3, -0.25) is 0 Å². The van der Waals surface area contributed by atoms with Crippen molar-refractivity contribution in [1.82, 2.24) is 0 Å². The molecule has 2 rings (SSSR count).